The van der Waals surface area contributed by atoms with Crippen LogP contribution in [0.15, 0.2) is 54.9 Å². The average molecular weight is 241 g/mol. The maximum atomic E-state index is 12.1. The van der Waals surface area contributed by atoms with E-state index in [1.807, 2.05) is 73.3 Å². The first-order chi connectivity index (χ1) is 8.66. The van der Waals surface area contributed by atoms with Gasteiger partial charge >= 0.3 is 0 Å². The van der Waals surface area contributed by atoms with Crippen molar-refractivity contribution in [1.82, 2.24) is 0 Å². The molecule has 2 aromatic rings. The SMILES string of the molecule is Cc1cc[n+]([C@H](C)C(=O)Nc2ccccc2)cc1. The maximum absolute atomic E-state index is 12.1. The normalized spacial score (nSPS) is 11.9. The van der Waals surface area contributed by atoms with Gasteiger partial charge in [0.2, 0.25) is 6.04 Å². The van der Waals surface area contributed by atoms with E-state index in [1.165, 1.54) is 5.56 Å². The zero-order valence-electron chi connectivity index (χ0n) is 10.6. The minimum Gasteiger partial charge on any atom is -0.320 e. The van der Waals surface area contributed by atoms with Crippen LogP contribution in [0.25, 0.3) is 0 Å². The molecule has 1 amide bonds. The summed E-state index contributed by atoms with van der Waals surface area (Å²) in [7, 11) is 0. The van der Waals surface area contributed by atoms with Crippen molar-refractivity contribution in [2.45, 2.75) is 19.9 Å². The topological polar surface area (TPSA) is 33.0 Å². The van der Waals surface area contributed by atoms with Crippen LogP contribution in [0.5, 0.6) is 0 Å². The summed E-state index contributed by atoms with van der Waals surface area (Å²) in [6.07, 6.45) is 3.84. The average Bonchev–Trinajstić information content (AvgIpc) is 2.40. The smallest absolute Gasteiger partial charge is 0.293 e. The number of aryl methyl sites for hydroxylation is 1. The number of anilines is 1. The molecule has 18 heavy (non-hydrogen) atoms. The Balaban J connectivity index is 2.07. The monoisotopic (exact) mass is 241 g/mol. The summed E-state index contributed by atoms with van der Waals surface area (Å²) < 4.78 is 1.89. The van der Waals surface area contributed by atoms with Gasteiger partial charge in [-0.15, -0.1) is 0 Å². The van der Waals surface area contributed by atoms with Gasteiger partial charge in [0, 0.05) is 24.7 Å². The summed E-state index contributed by atoms with van der Waals surface area (Å²) in [6.45, 7) is 3.91. The molecule has 1 N–H and O–H groups in total. The van der Waals surface area contributed by atoms with Crippen molar-refractivity contribution in [2.24, 2.45) is 0 Å². The van der Waals surface area contributed by atoms with E-state index < -0.39 is 0 Å². The first-order valence-electron chi connectivity index (χ1n) is 6.00. The van der Waals surface area contributed by atoms with Crippen LogP contribution in [-0.4, -0.2) is 5.91 Å². The zero-order valence-corrected chi connectivity index (χ0v) is 10.6. The van der Waals surface area contributed by atoms with Crippen molar-refractivity contribution in [3.05, 3.63) is 60.4 Å². The number of aromatic nitrogens is 1. The predicted octanol–water partition coefficient (Wildman–Crippen LogP) is 2.48. The lowest BCUT2D eigenvalue weighted by Gasteiger charge is -2.08. The molecule has 0 bridgehead atoms. The zero-order chi connectivity index (χ0) is 13.0. The summed E-state index contributed by atoms with van der Waals surface area (Å²) in [5.41, 5.74) is 2.00. The Bertz CT molecular complexity index is 520. The summed E-state index contributed by atoms with van der Waals surface area (Å²) in [6, 6.07) is 13.2. The highest BCUT2D eigenvalue weighted by atomic mass is 16.2. The third-order valence-corrected chi connectivity index (χ3v) is 2.89. The molecule has 2 rings (SSSR count). The van der Waals surface area contributed by atoms with Crippen molar-refractivity contribution in [2.75, 3.05) is 5.32 Å². The largest absolute Gasteiger partial charge is 0.320 e. The van der Waals surface area contributed by atoms with E-state index in [9.17, 15) is 4.79 Å². The van der Waals surface area contributed by atoms with Crippen LogP contribution >= 0.6 is 0 Å². The first kappa shape index (κ1) is 12.3. The highest BCUT2D eigenvalue weighted by Crippen LogP contribution is 2.07. The summed E-state index contributed by atoms with van der Waals surface area (Å²) >= 11 is 0. The lowest BCUT2D eigenvalue weighted by Crippen LogP contribution is -2.43. The summed E-state index contributed by atoms with van der Waals surface area (Å²) in [4.78, 5) is 12.1. The van der Waals surface area contributed by atoms with Gasteiger partial charge < -0.3 is 5.32 Å². The Morgan fingerprint density at radius 3 is 2.33 bits per heavy atom. The Hall–Kier alpha value is -2.16. The number of nitrogens with one attached hydrogen (secondary N) is 1. The van der Waals surface area contributed by atoms with Crippen molar-refractivity contribution >= 4 is 11.6 Å². The lowest BCUT2D eigenvalue weighted by molar-refractivity contribution is -0.705. The standard InChI is InChI=1S/C15H16N2O/c1-12-8-10-17(11-9-12)13(2)15(18)16-14-6-4-3-5-7-14/h3-11,13H,1-2H3/p+1/t13-/m1/s1. The lowest BCUT2D eigenvalue weighted by atomic mass is 10.2. The van der Waals surface area contributed by atoms with E-state index in [0.717, 1.165) is 5.69 Å². The van der Waals surface area contributed by atoms with Crippen LogP contribution in [0, 0.1) is 6.92 Å². The third-order valence-electron chi connectivity index (χ3n) is 2.89. The number of benzene rings is 1. The molecule has 0 fully saturated rings. The molecule has 0 spiro atoms. The molecule has 0 aliphatic heterocycles. The molecule has 1 atom stereocenters. The number of hydrogen-bond acceptors (Lipinski definition) is 1. The van der Waals surface area contributed by atoms with Gasteiger partial charge in [0.25, 0.3) is 5.91 Å². The van der Waals surface area contributed by atoms with Crippen molar-refractivity contribution in [1.29, 1.82) is 0 Å². The first-order valence-corrected chi connectivity index (χ1v) is 6.00. The number of hydrogen-bond donors (Lipinski definition) is 1. The minimum atomic E-state index is -0.231. The number of amides is 1. The van der Waals surface area contributed by atoms with Crippen LogP contribution < -0.4 is 9.88 Å². The van der Waals surface area contributed by atoms with Gasteiger partial charge in [0.15, 0.2) is 12.4 Å². The number of para-hydroxylation sites is 1. The molecule has 0 saturated carbocycles. The van der Waals surface area contributed by atoms with Crippen LogP contribution in [0.1, 0.15) is 18.5 Å². The van der Waals surface area contributed by atoms with E-state index in [4.69, 9.17) is 0 Å². The summed E-state index contributed by atoms with van der Waals surface area (Å²) in [5, 5.41) is 2.90. The van der Waals surface area contributed by atoms with E-state index in [1.54, 1.807) is 0 Å². The predicted molar refractivity (Wildman–Crippen MR) is 71.2 cm³/mol. The summed E-state index contributed by atoms with van der Waals surface area (Å²) in [5.74, 6) is -0.0185. The maximum Gasteiger partial charge on any atom is 0.293 e. The van der Waals surface area contributed by atoms with Gasteiger partial charge in [-0.1, -0.05) is 18.2 Å². The highest BCUT2D eigenvalue weighted by Gasteiger charge is 2.21. The van der Waals surface area contributed by atoms with Crippen molar-refractivity contribution in [3.8, 4) is 0 Å². The van der Waals surface area contributed by atoms with E-state index in [2.05, 4.69) is 5.32 Å². The molecular weight excluding hydrogens is 224 g/mol. The molecule has 0 radical (unpaired) electrons. The quantitative estimate of drug-likeness (QED) is 0.823. The van der Waals surface area contributed by atoms with Gasteiger partial charge in [0.1, 0.15) is 0 Å². The molecule has 0 unspecified atom stereocenters. The van der Waals surface area contributed by atoms with Gasteiger partial charge in [-0.2, -0.15) is 4.57 Å². The fraction of sp³-hybridized carbons (Fsp3) is 0.200. The molecule has 0 aliphatic rings. The Morgan fingerprint density at radius 1 is 1.11 bits per heavy atom. The highest BCUT2D eigenvalue weighted by molar-refractivity contribution is 5.92. The van der Waals surface area contributed by atoms with Gasteiger partial charge in [-0.05, 0) is 24.6 Å². The number of rotatable bonds is 3. The molecule has 92 valence electrons. The van der Waals surface area contributed by atoms with Crippen LogP contribution in [-0.2, 0) is 4.79 Å². The number of pyridine rings is 1. The number of carbonyl (C=O) groups excluding carboxylic acids is 1. The fourth-order valence-corrected chi connectivity index (χ4v) is 1.67. The second kappa shape index (κ2) is 5.45. The minimum absolute atomic E-state index is 0.0185. The molecule has 0 saturated heterocycles. The van der Waals surface area contributed by atoms with Crippen molar-refractivity contribution < 1.29 is 9.36 Å². The number of carbonyl (C=O) groups is 1. The van der Waals surface area contributed by atoms with Crippen molar-refractivity contribution in [3.63, 3.8) is 0 Å². The Kier molecular flexibility index (Phi) is 3.72. The number of nitrogens with zero attached hydrogens (tertiary/aromatic N) is 1. The third kappa shape index (κ3) is 2.94. The molecule has 0 aliphatic carbocycles. The molecule has 1 aromatic carbocycles. The van der Waals surface area contributed by atoms with Crippen LogP contribution in [0.3, 0.4) is 0 Å². The van der Waals surface area contributed by atoms with Crippen LogP contribution in [0.4, 0.5) is 5.69 Å². The molecular formula is C15H17N2O+. The Morgan fingerprint density at radius 2 is 1.72 bits per heavy atom. The van der Waals surface area contributed by atoms with Crippen LogP contribution in [0.2, 0.25) is 0 Å². The molecule has 3 nitrogen and oxygen atoms in total. The van der Waals surface area contributed by atoms with E-state index >= 15 is 0 Å². The van der Waals surface area contributed by atoms with Gasteiger partial charge in [0.05, 0.1) is 0 Å². The molecule has 3 heteroatoms. The second-order valence-corrected chi connectivity index (χ2v) is 4.35. The van der Waals surface area contributed by atoms with Gasteiger partial charge in [-0.25, -0.2) is 0 Å². The fourth-order valence-electron chi connectivity index (χ4n) is 1.67. The van der Waals surface area contributed by atoms with E-state index in [0.29, 0.717) is 0 Å². The Labute approximate surface area is 107 Å². The second-order valence-electron chi connectivity index (χ2n) is 4.35. The van der Waals surface area contributed by atoms with E-state index in [-0.39, 0.29) is 11.9 Å². The molecule has 1 heterocycles. The molecule has 1 aromatic heterocycles. The van der Waals surface area contributed by atoms with Gasteiger partial charge in [-0.3, -0.25) is 4.79 Å².